The predicted molar refractivity (Wildman–Crippen MR) is 82.9 cm³/mol. The van der Waals surface area contributed by atoms with E-state index in [0.717, 1.165) is 23.1 Å². The number of quaternary nitrogens is 1. The van der Waals surface area contributed by atoms with Crippen LogP contribution in [-0.4, -0.2) is 53.9 Å². The molecule has 2 N–H and O–H groups in total. The number of aliphatic hydroxyl groups is 1. The van der Waals surface area contributed by atoms with Gasteiger partial charge < -0.3 is 29.5 Å². The summed E-state index contributed by atoms with van der Waals surface area (Å²) in [5.41, 5.74) is 2.75. The van der Waals surface area contributed by atoms with Crippen molar-refractivity contribution in [2.24, 2.45) is 0 Å². The number of hydrogen-bond acceptors (Lipinski definition) is 5. The molecule has 0 radical (unpaired) electrons. The lowest BCUT2D eigenvalue weighted by Gasteiger charge is -2.53. The monoisotopic (exact) mass is 319 g/mol. The van der Waals surface area contributed by atoms with Gasteiger partial charge >= 0.3 is 0 Å². The number of methoxy groups -OCH3 is 2. The second-order valence-corrected chi connectivity index (χ2v) is 6.71. The van der Waals surface area contributed by atoms with Crippen molar-refractivity contribution in [1.29, 1.82) is 0 Å². The van der Waals surface area contributed by atoms with Gasteiger partial charge in [0.15, 0.2) is 11.5 Å². The number of aliphatic hydroxyl groups excluding tert-OH is 1. The first-order valence-electron chi connectivity index (χ1n) is 7.87. The third-order valence-electron chi connectivity index (χ3n) is 5.60. The topological polar surface area (TPSA) is 82.0 Å². The van der Waals surface area contributed by atoms with Gasteiger partial charge in [-0.05, 0) is 29.3 Å². The van der Waals surface area contributed by atoms with Gasteiger partial charge in [-0.25, -0.2) is 0 Å². The zero-order valence-corrected chi connectivity index (χ0v) is 13.2. The van der Waals surface area contributed by atoms with Crippen molar-refractivity contribution in [3.8, 4) is 11.5 Å². The predicted octanol–water partition coefficient (Wildman–Crippen LogP) is 1.40. The third-order valence-corrected chi connectivity index (χ3v) is 5.60. The van der Waals surface area contributed by atoms with E-state index < -0.39 is 12.2 Å². The maximum absolute atomic E-state index is 13.3. The fourth-order valence-electron chi connectivity index (χ4n) is 4.58. The Balaban J connectivity index is 1.91. The quantitative estimate of drug-likeness (QED) is 0.489. The number of aromatic hydroxyl groups is 1. The van der Waals surface area contributed by atoms with Crippen LogP contribution in [0.2, 0.25) is 0 Å². The van der Waals surface area contributed by atoms with Crippen molar-refractivity contribution in [2.45, 2.75) is 37.1 Å². The average molecular weight is 319 g/mol. The molecule has 23 heavy (non-hydrogen) atoms. The van der Waals surface area contributed by atoms with E-state index >= 15 is 0 Å². The van der Waals surface area contributed by atoms with Crippen LogP contribution in [0.1, 0.15) is 23.5 Å². The molecule has 2 aliphatic heterocycles. The fraction of sp³-hybridized carbons (Fsp3) is 0.529. The van der Waals surface area contributed by atoms with Crippen LogP contribution in [0.4, 0.5) is 0 Å². The normalized spacial score (nSPS) is 37.8. The summed E-state index contributed by atoms with van der Waals surface area (Å²) in [6.07, 6.45) is 1.42. The molecule has 1 fully saturated rings. The van der Waals surface area contributed by atoms with Gasteiger partial charge in [0.25, 0.3) is 0 Å². The van der Waals surface area contributed by atoms with E-state index in [1.165, 1.54) is 7.11 Å². The van der Waals surface area contributed by atoms with E-state index in [0.29, 0.717) is 18.8 Å². The lowest BCUT2D eigenvalue weighted by atomic mass is 9.73. The van der Waals surface area contributed by atoms with Gasteiger partial charge in [-0.1, -0.05) is 0 Å². The van der Waals surface area contributed by atoms with Crippen molar-refractivity contribution in [2.75, 3.05) is 20.8 Å². The summed E-state index contributed by atoms with van der Waals surface area (Å²) in [7, 11) is 3.05. The number of fused-ring (bicyclic) bond motifs is 2. The highest BCUT2D eigenvalue weighted by Gasteiger charge is 2.55. The third kappa shape index (κ3) is 1.96. The largest absolute Gasteiger partial charge is 0.632 e. The molecule has 1 aromatic rings. The summed E-state index contributed by atoms with van der Waals surface area (Å²) in [6.45, 7) is 0.855. The molecule has 0 spiro atoms. The number of hydrogen-bond donors (Lipinski definition) is 2. The Kier molecular flexibility index (Phi) is 3.22. The molecule has 1 saturated heterocycles. The van der Waals surface area contributed by atoms with Crippen LogP contribution in [0.25, 0.3) is 0 Å². The molecule has 5 atom stereocenters. The molecule has 124 valence electrons. The molecule has 2 heterocycles. The number of phenolic OH excluding ortho intramolecular Hbond substituents is 1. The molecular weight excluding hydrogens is 298 g/mol. The first-order chi connectivity index (χ1) is 11.0. The zero-order valence-electron chi connectivity index (χ0n) is 13.2. The fourth-order valence-corrected chi connectivity index (χ4v) is 4.58. The summed E-state index contributed by atoms with van der Waals surface area (Å²) < 4.78 is 10.2. The highest BCUT2D eigenvalue weighted by Crippen LogP contribution is 2.52. The molecule has 0 aromatic heterocycles. The van der Waals surface area contributed by atoms with Gasteiger partial charge in [-0.15, -0.1) is 0 Å². The number of phenols is 1. The minimum absolute atomic E-state index is 0.0346. The molecule has 1 aliphatic carbocycles. The standard InChI is InChI=1S/C17H21NO5/c1-22-13-6-10-8-18(21)4-3-9-5-14(23-2)17(20)15(16(9)18)11(10)7-12(13)19/h5-7,14-17,19-20H,3-4,8H2,1-2H3/t14-,15-,16+,17+,18?/m0/s1. The minimum Gasteiger partial charge on any atom is -0.632 e. The molecule has 1 aromatic carbocycles. The van der Waals surface area contributed by atoms with Crippen molar-refractivity contribution < 1.29 is 24.3 Å². The Labute approximate surface area is 134 Å². The van der Waals surface area contributed by atoms with Crippen molar-refractivity contribution in [3.05, 3.63) is 40.1 Å². The summed E-state index contributed by atoms with van der Waals surface area (Å²) >= 11 is 0. The van der Waals surface area contributed by atoms with E-state index in [1.54, 1.807) is 19.2 Å². The second-order valence-electron chi connectivity index (χ2n) is 6.71. The van der Waals surface area contributed by atoms with E-state index in [2.05, 4.69) is 0 Å². The van der Waals surface area contributed by atoms with Gasteiger partial charge in [-0.3, -0.25) is 0 Å². The summed E-state index contributed by atoms with van der Waals surface area (Å²) in [5.74, 6) is 0.0327. The molecule has 3 aliphatic rings. The Morgan fingerprint density at radius 1 is 1.30 bits per heavy atom. The average Bonchev–Trinajstić information content (AvgIpc) is 2.86. The lowest BCUT2D eigenvalue weighted by Crippen LogP contribution is -2.57. The number of ether oxygens (including phenoxy) is 2. The number of benzene rings is 1. The van der Waals surface area contributed by atoms with Crippen LogP contribution in [0.5, 0.6) is 11.5 Å². The van der Waals surface area contributed by atoms with Crippen LogP contribution in [0.3, 0.4) is 0 Å². The molecular formula is C17H21NO5. The van der Waals surface area contributed by atoms with Crippen molar-refractivity contribution >= 4 is 0 Å². The lowest BCUT2D eigenvalue weighted by molar-refractivity contribution is -0.907. The highest BCUT2D eigenvalue weighted by atomic mass is 16.6. The number of hydroxylamine groups is 3. The Bertz CT molecular complexity index is 688. The molecule has 0 saturated carbocycles. The molecule has 0 bridgehead atoms. The van der Waals surface area contributed by atoms with E-state index in [9.17, 15) is 15.4 Å². The molecule has 1 unspecified atom stereocenters. The second kappa shape index (κ2) is 4.95. The van der Waals surface area contributed by atoms with Crippen LogP contribution in [0, 0.1) is 5.21 Å². The van der Waals surface area contributed by atoms with Gasteiger partial charge in [0.2, 0.25) is 0 Å². The Morgan fingerprint density at radius 3 is 2.78 bits per heavy atom. The first-order valence-corrected chi connectivity index (χ1v) is 7.87. The molecule has 6 heteroatoms. The van der Waals surface area contributed by atoms with Gasteiger partial charge in [0, 0.05) is 19.1 Å². The van der Waals surface area contributed by atoms with Crippen LogP contribution >= 0.6 is 0 Å². The van der Waals surface area contributed by atoms with Crippen molar-refractivity contribution in [3.63, 3.8) is 0 Å². The van der Waals surface area contributed by atoms with E-state index in [1.807, 2.05) is 6.08 Å². The number of nitrogens with zero attached hydrogens (tertiary/aromatic N) is 1. The molecule has 4 rings (SSSR count). The van der Waals surface area contributed by atoms with Crippen molar-refractivity contribution in [1.82, 2.24) is 0 Å². The Hall–Kier alpha value is -1.60. The minimum atomic E-state index is -0.801. The van der Waals surface area contributed by atoms with Gasteiger partial charge in [0.05, 0.1) is 25.7 Å². The zero-order chi connectivity index (χ0) is 16.4. The van der Waals surface area contributed by atoms with Crippen LogP contribution in [0.15, 0.2) is 23.8 Å². The van der Waals surface area contributed by atoms with E-state index in [4.69, 9.17) is 9.47 Å². The summed E-state index contributed by atoms with van der Waals surface area (Å²) in [6, 6.07) is 3.08. The van der Waals surface area contributed by atoms with Crippen LogP contribution < -0.4 is 4.74 Å². The van der Waals surface area contributed by atoms with Gasteiger partial charge in [0.1, 0.15) is 18.7 Å². The molecule has 0 amide bonds. The summed E-state index contributed by atoms with van der Waals surface area (Å²) in [5, 5.41) is 34.2. The van der Waals surface area contributed by atoms with Gasteiger partial charge in [-0.2, -0.15) is 0 Å². The van der Waals surface area contributed by atoms with E-state index in [-0.39, 0.29) is 22.4 Å². The number of rotatable bonds is 2. The smallest absolute Gasteiger partial charge is 0.160 e. The maximum Gasteiger partial charge on any atom is 0.160 e. The Morgan fingerprint density at radius 2 is 2.09 bits per heavy atom. The highest BCUT2D eigenvalue weighted by molar-refractivity contribution is 5.50. The van der Waals surface area contributed by atoms with Crippen LogP contribution in [-0.2, 0) is 11.3 Å². The summed E-state index contributed by atoms with van der Waals surface area (Å²) in [4.78, 5) is 0. The molecule has 6 nitrogen and oxygen atoms in total. The maximum atomic E-state index is 13.3. The first kappa shape index (κ1) is 15.0. The SMILES string of the molecule is COc1cc2c(cc1O)[C@@H]1[C@H](O)[C@@H](OC)C=C3CC[N+]([O-])(C2)[C@H]31.